The van der Waals surface area contributed by atoms with Crippen LogP contribution in [0.2, 0.25) is 0 Å². The molecule has 0 spiro atoms. The highest BCUT2D eigenvalue weighted by Crippen LogP contribution is 2.29. The van der Waals surface area contributed by atoms with Crippen LogP contribution in [0, 0.1) is 11.6 Å². The summed E-state index contributed by atoms with van der Waals surface area (Å²) in [6.07, 6.45) is 0.745. The molecule has 2 aromatic rings. The Kier molecular flexibility index (Phi) is 6.46. The molecule has 2 rings (SSSR count). The number of aliphatic hydroxyl groups is 1. The summed E-state index contributed by atoms with van der Waals surface area (Å²) >= 11 is 0. The third-order valence-electron chi connectivity index (χ3n) is 3.41. The number of halogens is 2. The van der Waals surface area contributed by atoms with Crippen LogP contribution < -0.4 is 14.8 Å². The Morgan fingerprint density at radius 3 is 2.65 bits per heavy atom. The first-order valence-corrected chi connectivity index (χ1v) is 8.72. The number of ether oxygens (including phenoxy) is 1. The number of aryl methyl sites for hydroxylation is 1. The second-order valence-corrected chi connectivity index (χ2v) is 6.80. The van der Waals surface area contributed by atoms with Gasteiger partial charge < -0.3 is 19.7 Å². The van der Waals surface area contributed by atoms with E-state index in [0.717, 1.165) is 12.1 Å². The fourth-order valence-corrected chi connectivity index (χ4v) is 3.36. The predicted molar refractivity (Wildman–Crippen MR) is 92.4 cm³/mol. The van der Waals surface area contributed by atoms with Crippen LogP contribution >= 0.6 is 0 Å². The number of anilines is 1. The van der Waals surface area contributed by atoms with Crippen molar-refractivity contribution in [1.29, 1.82) is 0 Å². The highest BCUT2D eigenvalue weighted by atomic mass is 32.2. The highest BCUT2D eigenvalue weighted by Gasteiger charge is 2.25. The Hall–Kier alpha value is -2.30. The summed E-state index contributed by atoms with van der Waals surface area (Å²) < 4.78 is 47.9. The predicted octanol–water partition coefficient (Wildman–Crippen LogP) is 1.56. The average Bonchev–Trinajstić information content (AvgIpc) is 2.92. The maximum absolute atomic E-state index is 13.3. The number of nitrogens with one attached hydrogen (secondary N) is 2. The van der Waals surface area contributed by atoms with Crippen LogP contribution in [-0.2, 0) is 18.0 Å². The van der Waals surface area contributed by atoms with E-state index in [1.165, 1.54) is 30.9 Å². The lowest BCUT2D eigenvalue weighted by molar-refractivity contribution is 0.101. The van der Waals surface area contributed by atoms with E-state index in [0.29, 0.717) is 0 Å². The van der Waals surface area contributed by atoms with Crippen molar-refractivity contribution in [2.24, 2.45) is 7.05 Å². The number of amides is 1. The molecule has 0 aliphatic carbocycles. The molecule has 7 nitrogen and oxygen atoms in total. The van der Waals surface area contributed by atoms with Gasteiger partial charge >= 0.3 is 0 Å². The fourth-order valence-electron chi connectivity index (χ4n) is 2.21. The summed E-state index contributed by atoms with van der Waals surface area (Å²) in [5.41, 5.74) is 0.117. The number of methoxy groups -OCH3 is 1. The zero-order valence-electron chi connectivity index (χ0n) is 14.4. The maximum atomic E-state index is 13.3. The van der Waals surface area contributed by atoms with E-state index in [4.69, 9.17) is 4.74 Å². The van der Waals surface area contributed by atoms with Crippen molar-refractivity contribution in [3.8, 4) is 5.75 Å². The van der Waals surface area contributed by atoms with Gasteiger partial charge in [-0.1, -0.05) is 0 Å². The molecule has 3 N–H and O–H groups in total. The van der Waals surface area contributed by atoms with Crippen molar-refractivity contribution in [2.45, 2.75) is 17.9 Å². The van der Waals surface area contributed by atoms with E-state index in [9.17, 15) is 22.9 Å². The van der Waals surface area contributed by atoms with Crippen molar-refractivity contribution in [3.05, 3.63) is 41.7 Å². The number of nitrogens with zero attached hydrogens (tertiary/aromatic N) is 1. The van der Waals surface area contributed by atoms with Gasteiger partial charge in [-0.15, -0.1) is 0 Å². The molecule has 0 aliphatic rings. The molecule has 0 aliphatic heterocycles. The third kappa shape index (κ3) is 4.45. The van der Waals surface area contributed by atoms with E-state index >= 15 is 0 Å². The summed E-state index contributed by atoms with van der Waals surface area (Å²) in [5, 5.41) is 11.7. The van der Waals surface area contributed by atoms with Crippen LogP contribution in [-0.4, -0.2) is 39.5 Å². The van der Waals surface area contributed by atoms with Gasteiger partial charge in [-0.05, 0) is 19.1 Å². The normalized spacial score (nSPS) is 13.3. The Bertz CT molecular complexity index is 839. The number of hydrogen-bond acceptors (Lipinski definition) is 4. The number of hydrogen-bond donors (Lipinski definition) is 3. The Labute approximate surface area is 151 Å². The molecule has 0 bridgehead atoms. The molecule has 0 fully saturated rings. The van der Waals surface area contributed by atoms with Crippen molar-refractivity contribution in [2.75, 3.05) is 19.0 Å². The quantitative estimate of drug-likeness (QED) is 0.672. The smallest absolute Gasteiger partial charge is 0.276 e. The minimum Gasteiger partial charge on any atom is -0.493 e. The minimum atomic E-state index is -1.72. The van der Waals surface area contributed by atoms with E-state index in [-0.39, 0.29) is 28.6 Å². The largest absolute Gasteiger partial charge is 0.493 e. The van der Waals surface area contributed by atoms with Gasteiger partial charge in [-0.25, -0.2) is 17.7 Å². The first kappa shape index (κ1) is 20.0. The fraction of sp³-hybridized carbons (Fsp3) is 0.312. The van der Waals surface area contributed by atoms with Crippen molar-refractivity contribution >= 4 is 22.6 Å². The van der Waals surface area contributed by atoms with Crippen LogP contribution in [0.25, 0.3) is 0 Å². The Morgan fingerprint density at radius 1 is 1.38 bits per heavy atom. The molecule has 2 unspecified atom stereocenters. The van der Waals surface area contributed by atoms with E-state index in [2.05, 4.69) is 10.0 Å². The first-order chi connectivity index (χ1) is 12.2. The second-order valence-electron chi connectivity index (χ2n) is 5.54. The molecule has 26 heavy (non-hydrogen) atoms. The van der Waals surface area contributed by atoms with Crippen LogP contribution in [0.1, 0.15) is 17.4 Å². The van der Waals surface area contributed by atoms with Gasteiger partial charge in [0, 0.05) is 31.5 Å². The second kappa shape index (κ2) is 8.39. The lowest BCUT2D eigenvalue weighted by atomic mass is 10.3. The molecule has 142 valence electrons. The lowest BCUT2D eigenvalue weighted by Crippen LogP contribution is -2.26. The molecular formula is C16H19F2N3O4S. The summed E-state index contributed by atoms with van der Waals surface area (Å²) in [5.74, 6) is -2.69. The maximum Gasteiger partial charge on any atom is 0.276 e. The molecule has 1 heterocycles. The summed E-state index contributed by atoms with van der Waals surface area (Å²) in [7, 11) is 1.15. The van der Waals surface area contributed by atoms with E-state index in [1.54, 1.807) is 7.05 Å². The molecular weight excluding hydrogens is 368 g/mol. The summed E-state index contributed by atoms with van der Waals surface area (Å²) in [4.78, 5) is 12.7. The number of benzene rings is 1. The molecule has 1 amide bonds. The highest BCUT2D eigenvalue weighted by molar-refractivity contribution is 7.83. The SMILES string of the molecule is COc1c(S(=O)NCC(C)O)cn(C)c1C(=O)Nc1ccc(F)c(F)c1. The number of carbonyl (C=O) groups is 1. The van der Waals surface area contributed by atoms with Crippen molar-refractivity contribution in [3.63, 3.8) is 0 Å². The number of rotatable bonds is 7. The van der Waals surface area contributed by atoms with E-state index < -0.39 is 34.6 Å². The molecule has 1 aromatic carbocycles. The lowest BCUT2D eigenvalue weighted by Gasteiger charge is -2.10. The topological polar surface area (TPSA) is 92.6 Å². The standard InChI is InChI=1S/C16H19F2N3O4S/c1-9(22)7-19-26(24)13-8-21(2)14(15(13)25-3)16(23)20-10-4-5-11(17)12(18)6-10/h4-6,8-9,19,22H,7H2,1-3H3,(H,20,23). The van der Waals surface area contributed by atoms with E-state index in [1.807, 2.05) is 0 Å². The average molecular weight is 387 g/mol. The Morgan fingerprint density at radius 2 is 2.08 bits per heavy atom. The van der Waals surface area contributed by atoms with Crippen LogP contribution in [0.15, 0.2) is 29.3 Å². The summed E-state index contributed by atoms with van der Waals surface area (Å²) in [6.45, 7) is 1.62. The van der Waals surface area contributed by atoms with Gasteiger partial charge in [0.1, 0.15) is 15.9 Å². The minimum absolute atomic E-state index is 0.0550. The zero-order chi connectivity index (χ0) is 19.4. The van der Waals surface area contributed by atoms with Gasteiger partial charge in [0.05, 0.1) is 13.2 Å². The molecule has 0 saturated heterocycles. The van der Waals surface area contributed by atoms with Crippen LogP contribution in [0.3, 0.4) is 0 Å². The molecule has 0 saturated carbocycles. The number of aliphatic hydroxyl groups excluding tert-OH is 1. The Balaban J connectivity index is 2.29. The first-order valence-electron chi connectivity index (χ1n) is 7.57. The molecule has 1 aromatic heterocycles. The summed E-state index contributed by atoms with van der Waals surface area (Å²) in [6, 6.07) is 2.97. The number of aromatic nitrogens is 1. The monoisotopic (exact) mass is 387 g/mol. The van der Waals surface area contributed by atoms with Crippen LogP contribution in [0.5, 0.6) is 5.75 Å². The van der Waals surface area contributed by atoms with Gasteiger partial charge in [0.2, 0.25) is 0 Å². The van der Waals surface area contributed by atoms with Gasteiger partial charge in [0.15, 0.2) is 23.1 Å². The van der Waals surface area contributed by atoms with Gasteiger partial charge in [0.25, 0.3) is 5.91 Å². The van der Waals surface area contributed by atoms with Crippen molar-refractivity contribution < 1.29 is 27.6 Å². The van der Waals surface area contributed by atoms with Gasteiger partial charge in [-0.3, -0.25) is 4.79 Å². The third-order valence-corrected chi connectivity index (χ3v) is 4.53. The molecule has 10 heteroatoms. The van der Waals surface area contributed by atoms with Gasteiger partial charge in [-0.2, -0.15) is 0 Å². The zero-order valence-corrected chi connectivity index (χ0v) is 15.2. The molecule has 2 atom stereocenters. The number of carbonyl (C=O) groups excluding carboxylic acids is 1. The van der Waals surface area contributed by atoms with Crippen LogP contribution in [0.4, 0.5) is 14.5 Å². The van der Waals surface area contributed by atoms with Crippen molar-refractivity contribution in [1.82, 2.24) is 9.29 Å². The molecule has 0 radical (unpaired) electrons.